The predicted octanol–water partition coefficient (Wildman–Crippen LogP) is 2.10. The molecule has 0 heteroatoms. The molecule has 0 saturated heterocycles. The molecule has 0 aliphatic heterocycles. The minimum atomic E-state index is 1.39. The van der Waals surface area contributed by atoms with Crippen LogP contribution in [0.5, 0.6) is 0 Å². The van der Waals surface area contributed by atoms with E-state index in [9.17, 15) is 0 Å². The SMILES string of the molecule is CC(C)=C1C=C[CH-]1. The van der Waals surface area contributed by atoms with Crippen LogP contribution < -0.4 is 0 Å². The molecule has 0 nitrogen and oxygen atoms in total. The van der Waals surface area contributed by atoms with Gasteiger partial charge in [0.2, 0.25) is 0 Å². The Morgan fingerprint density at radius 3 is 2.14 bits per heavy atom. The summed E-state index contributed by atoms with van der Waals surface area (Å²) in [6, 6.07) is 0. The molecule has 38 valence electrons. The van der Waals surface area contributed by atoms with E-state index in [1.54, 1.807) is 0 Å². The van der Waals surface area contributed by atoms with E-state index in [1.807, 2.05) is 0 Å². The maximum Gasteiger partial charge on any atom is -0.0780 e. The summed E-state index contributed by atoms with van der Waals surface area (Å²) in [5.41, 5.74) is 2.79. The standard InChI is InChI=1S/C7H9/c1-6(2)7-4-3-5-7/h3-5H,1-2H3/q-1. The third kappa shape index (κ3) is 0.687. The second kappa shape index (κ2) is 1.45. The topological polar surface area (TPSA) is 0 Å². The van der Waals surface area contributed by atoms with Crippen LogP contribution in [-0.2, 0) is 0 Å². The average Bonchev–Trinajstić information content (AvgIpc) is 1.23. The van der Waals surface area contributed by atoms with Crippen molar-refractivity contribution in [2.75, 3.05) is 0 Å². The fourth-order valence-electron chi connectivity index (χ4n) is 0.526. The molecular weight excluding hydrogens is 84.1 g/mol. The molecule has 0 aromatic heterocycles. The second-order valence-corrected chi connectivity index (χ2v) is 1.98. The zero-order valence-electron chi connectivity index (χ0n) is 4.73. The van der Waals surface area contributed by atoms with Crippen LogP contribution in [0, 0.1) is 6.42 Å². The van der Waals surface area contributed by atoms with Gasteiger partial charge in [0.25, 0.3) is 0 Å². The first-order chi connectivity index (χ1) is 3.30. The van der Waals surface area contributed by atoms with E-state index in [-0.39, 0.29) is 0 Å². The van der Waals surface area contributed by atoms with Crippen molar-refractivity contribution >= 4 is 0 Å². The zero-order chi connectivity index (χ0) is 5.28. The van der Waals surface area contributed by atoms with E-state index < -0.39 is 0 Å². The molecule has 0 saturated carbocycles. The summed E-state index contributed by atoms with van der Waals surface area (Å²) in [6.07, 6.45) is 6.30. The van der Waals surface area contributed by atoms with Crippen molar-refractivity contribution in [1.29, 1.82) is 0 Å². The number of allylic oxidation sites excluding steroid dienone is 4. The zero-order valence-corrected chi connectivity index (χ0v) is 4.73. The Hall–Kier alpha value is -0.650. The Morgan fingerprint density at radius 2 is 2.14 bits per heavy atom. The summed E-state index contributed by atoms with van der Waals surface area (Å²) in [4.78, 5) is 0. The lowest BCUT2D eigenvalue weighted by Crippen LogP contribution is -1.88. The molecule has 1 aliphatic carbocycles. The van der Waals surface area contributed by atoms with Crippen LogP contribution in [0.15, 0.2) is 23.3 Å². The average molecular weight is 93.1 g/mol. The maximum absolute atomic E-state index is 2.12. The first kappa shape index (κ1) is 4.51. The molecule has 1 aliphatic rings. The van der Waals surface area contributed by atoms with Crippen LogP contribution in [-0.4, -0.2) is 0 Å². The molecule has 0 radical (unpaired) electrons. The number of hydrogen-bond donors (Lipinski definition) is 0. The van der Waals surface area contributed by atoms with Gasteiger partial charge in [-0.25, -0.2) is 0 Å². The van der Waals surface area contributed by atoms with Crippen molar-refractivity contribution in [3.05, 3.63) is 29.7 Å². The quantitative estimate of drug-likeness (QED) is 0.402. The van der Waals surface area contributed by atoms with Gasteiger partial charge >= 0.3 is 0 Å². The molecule has 0 N–H and O–H groups in total. The second-order valence-electron chi connectivity index (χ2n) is 1.98. The van der Waals surface area contributed by atoms with Crippen molar-refractivity contribution in [2.45, 2.75) is 13.8 Å². The summed E-state index contributed by atoms with van der Waals surface area (Å²) in [7, 11) is 0. The number of rotatable bonds is 0. The Balaban J connectivity index is 2.73. The van der Waals surface area contributed by atoms with Gasteiger partial charge in [-0.3, -0.25) is 0 Å². The smallest absolute Gasteiger partial charge is 0.0780 e. The van der Waals surface area contributed by atoms with Gasteiger partial charge in [0.05, 0.1) is 0 Å². The highest BCUT2D eigenvalue weighted by Crippen LogP contribution is 2.17. The van der Waals surface area contributed by atoms with Gasteiger partial charge in [0, 0.05) is 0 Å². The Kier molecular flexibility index (Phi) is 0.935. The normalized spacial score (nSPS) is 15.4. The van der Waals surface area contributed by atoms with Crippen molar-refractivity contribution in [2.24, 2.45) is 0 Å². The van der Waals surface area contributed by atoms with E-state index in [0.717, 1.165) is 0 Å². The van der Waals surface area contributed by atoms with Crippen LogP contribution in [0.25, 0.3) is 0 Å². The van der Waals surface area contributed by atoms with Gasteiger partial charge in [-0.1, -0.05) is 13.8 Å². The Morgan fingerprint density at radius 1 is 1.57 bits per heavy atom. The fraction of sp³-hybridized carbons (Fsp3) is 0.286. The molecule has 1 rings (SSSR count). The van der Waals surface area contributed by atoms with Gasteiger partial charge in [0.15, 0.2) is 0 Å². The lowest BCUT2D eigenvalue weighted by atomic mass is 9.99. The van der Waals surface area contributed by atoms with E-state index in [0.29, 0.717) is 0 Å². The largest absolute Gasteiger partial charge is 0.150 e. The van der Waals surface area contributed by atoms with Gasteiger partial charge in [-0.15, -0.1) is 24.1 Å². The summed E-state index contributed by atoms with van der Waals surface area (Å²) in [5.74, 6) is 0. The van der Waals surface area contributed by atoms with Crippen LogP contribution in [0.4, 0.5) is 0 Å². The number of hydrogen-bond acceptors (Lipinski definition) is 0. The molecule has 0 unspecified atom stereocenters. The lowest BCUT2D eigenvalue weighted by Gasteiger charge is -2.17. The molecule has 0 spiro atoms. The van der Waals surface area contributed by atoms with Crippen LogP contribution in [0.3, 0.4) is 0 Å². The van der Waals surface area contributed by atoms with E-state index in [4.69, 9.17) is 0 Å². The van der Waals surface area contributed by atoms with Gasteiger partial charge in [0.1, 0.15) is 0 Å². The molecule has 0 fully saturated rings. The third-order valence-electron chi connectivity index (χ3n) is 1.13. The molecule has 0 amide bonds. The fourth-order valence-corrected chi connectivity index (χ4v) is 0.526. The minimum absolute atomic E-state index is 1.39. The molecule has 0 aromatic carbocycles. The van der Waals surface area contributed by atoms with Crippen LogP contribution in [0.2, 0.25) is 0 Å². The highest BCUT2D eigenvalue weighted by atomic mass is 14.0. The molecule has 0 aromatic rings. The molecule has 0 heterocycles. The van der Waals surface area contributed by atoms with Gasteiger partial charge in [-0.2, -0.15) is 5.57 Å². The minimum Gasteiger partial charge on any atom is -0.150 e. The third-order valence-corrected chi connectivity index (χ3v) is 1.13. The predicted molar refractivity (Wildman–Crippen MR) is 31.8 cm³/mol. The van der Waals surface area contributed by atoms with Crippen molar-refractivity contribution < 1.29 is 0 Å². The van der Waals surface area contributed by atoms with E-state index in [1.165, 1.54) is 11.1 Å². The van der Waals surface area contributed by atoms with Crippen molar-refractivity contribution in [3.8, 4) is 0 Å². The molecule has 0 bridgehead atoms. The Labute approximate surface area is 44.5 Å². The van der Waals surface area contributed by atoms with Gasteiger partial charge in [-0.05, 0) is 0 Å². The molecular formula is C7H9-. The van der Waals surface area contributed by atoms with Crippen LogP contribution >= 0.6 is 0 Å². The summed E-state index contributed by atoms with van der Waals surface area (Å²) in [5, 5.41) is 0. The highest BCUT2D eigenvalue weighted by Gasteiger charge is 1.89. The summed E-state index contributed by atoms with van der Waals surface area (Å²) >= 11 is 0. The van der Waals surface area contributed by atoms with Crippen LogP contribution in [0.1, 0.15) is 13.8 Å². The lowest BCUT2D eigenvalue weighted by molar-refractivity contribution is 1.28. The van der Waals surface area contributed by atoms with E-state index in [2.05, 4.69) is 32.4 Å². The molecule has 0 atom stereocenters. The van der Waals surface area contributed by atoms with E-state index >= 15 is 0 Å². The first-order valence-corrected chi connectivity index (χ1v) is 2.49. The van der Waals surface area contributed by atoms with Gasteiger partial charge < -0.3 is 0 Å². The maximum atomic E-state index is 2.12. The van der Waals surface area contributed by atoms with Crippen molar-refractivity contribution in [3.63, 3.8) is 0 Å². The first-order valence-electron chi connectivity index (χ1n) is 2.49. The Bertz CT molecular complexity index is 123. The molecule has 7 heavy (non-hydrogen) atoms. The van der Waals surface area contributed by atoms with Crippen molar-refractivity contribution in [1.82, 2.24) is 0 Å². The summed E-state index contributed by atoms with van der Waals surface area (Å²) < 4.78 is 0. The monoisotopic (exact) mass is 93.1 g/mol. The summed E-state index contributed by atoms with van der Waals surface area (Å²) in [6.45, 7) is 4.24. The highest BCUT2D eigenvalue weighted by molar-refractivity contribution is 5.44.